The maximum atomic E-state index is 13.2. The van der Waals surface area contributed by atoms with Gasteiger partial charge >= 0.3 is 0 Å². The number of hydrogen-bond acceptors (Lipinski definition) is 4. The molecule has 1 heterocycles. The number of hydrogen-bond donors (Lipinski definition) is 1. The number of sulfonamides is 1. The summed E-state index contributed by atoms with van der Waals surface area (Å²) in [6.45, 7) is 4.92. The van der Waals surface area contributed by atoms with Crippen LogP contribution in [-0.4, -0.2) is 62.3 Å². The fourth-order valence-corrected chi connectivity index (χ4v) is 4.90. The van der Waals surface area contributed by atoms with E-state index in [1.807, 2.05) is 6.92 Å². The van der Waals surface area contributed by atoms with Crippen molar-refractivity contribution in [2.45, 2.75) is 31.2 Å². The van der Waals surface area contributed by atoms with Gasteiger partial charge in [-0.3, -0.25) is 9.59 Å². The number of piperazine rings is 1. The number of carbonyl (C=O) groups excluding carboxylic acids is 2. The molecular weight excluding hydrogens is 457 g/mol. The van der Waals surface area contributed by atoms with E-state index in [1.165, 1.54) is 36.4 Å². The highest BCUT2D eigenvalue weighted by molar-refractivity contribution is 7.89. The molecule has 1 unspecified atom stereocenters. The van der Waals surface area contributed by atoms with Gasteiger partial charge in [0.25, 0.3) is 11.8 Å². The van der Waals surface area contributed by atoms with Gasteiger partial charge in [0.2, 0.25) is 10.0 Å². The van der Waals surface area contributed by atoms with Gasteiger partial charge in [-0.05, 0) is 55.8 Å². The van der Waals surface area contributed by atoms with E-state index in [0.29, 0.717) is 38.2 Å². The summed E-state index contributed by atoms with van der Waals surface area (Å²) in [5, 5.41) is 0.0476. The van der Waals surface area contributed by atoms with E-state index < -0.39 is 15.8 Å². The van der Waals surface area contributed by atoms with Crippen LogP contribution in [0.4, 0.5) is 4.39 Å². The Kier molecular flexibility index (Phi) is 7.53. The third kappa shape index (κ3) is 5.46. The number of amides is 2. The molecule has 2 aromatic carbocycles. The third-order valence-electron chi connectivity index (χ3n) is 5.40. The van der Waals surface area contributed by atoms with Crippen LogP contribution in [0.3, 0.4) is 0 Å². The second kappa shape index (κ2) is 9.97. The summed E-state index contributed by atoms with van der Waals surface area (Å²) in [7, 11) is -3.64. The molecule has 1 saturated heterocycles. The van der Waals surface area contributed by atoms with Crippen molar-refractivity contribution in [1.29, 1.82) is 0 Å². The van der Waals surface area contributed by atoms with E-state index in [-0.39, 0.29) is 33.3 Å². The fourth-order valence-electron chi connectivity index (χ4n) is 3.32. The molecule has 0 aliphatic carbocycles. The van der Waals surface area contributed by atoms with Gasteiger partial charge in [-0.1, -0.05) is 18.5 Å². The molecule has 172 valence electrons. The maximum Gasteiger partial charge on any atom is 0.255 e. The van der Waals surface area contributed by atoms with Crippen molar-refractivity contribution in [3.05, 3.63) is 64.4 Å². The van der Waals surface area contributed by atoms with E-state index >= 15 is 0 Å². The Labute approximate surface area is 192 Å². The molecule has 0 aromatic heterocycles. The second-order valence-electron chi connectivity index (χ2n) is 7.66. The molecule has 32 heavy (non-hydrogen) atoms. The highest BCUT2D eigenvalue weighted by Crippen LogP contribution is 2.20. The zero-order chi connectivity index (χ0) is 23.5. The first-order chi connectivity index (χ1) is 15.1. The summed E-state index contributed by atoms with van der Waals surface area (Å²) in [5.41, 5.74) is 0.587. The lowest BCUT2D eigenvalue weighted by Gasteiger charge is -2.35. The van der Waals surface area contributed by atoms with Gasteiger partial charge < -0.3 is 9.80 Å². The lowest BCUT2D eigenvalue weighted by Crippen LogP contribution is -2.50. The van der Waals surface area contributed by atoms with Crippen molar-refractivity contribution in [3.63, 3.8) is 0 Å². The quantitative estimate of drug-likeness (QED) is 0.686. The summed E-state index contributed by atoms with van der Waals surface area (Å²) in [6.07, 6.45) is 0.664. The second-order valence-corrected chi connectivity index (χ2v) is 9.78. The van der Waals surface area contributed by atoms with Crippen molar-refractivity contribution < 1.29 is 22.4 Å². The largest absolute Gasteiger partial charge is 0.335 e. The van der Waals surface area contributed by atoms with Gasteiger partial charge in [0.15, 0.2) is 0 Å². The van der Waals surface area contributed by atoms with Crippen LogP contribution < -0.4 is 4.72 Å². The van der Waals surface area contributed by atoms with Crippen LogP contribution in [0.5, 0.6) is 0 Å². The Balaban J connectivity index is 1.62. The molecular formula is C22H25ClFN3O4S. The Morgan fingerprint density at radius 1 is 1.03 bits per heavy atom. The van der Waals surface area contributed by atoms with Crippen molar-refractivity contribution in [1.82, 2.24) is 14.5 Å². The molecule has 0 radical (unpaired) electrons. The highest BCUT2D eigenvalue weighted by atomic mass is 35.5. The normalized spacial score (nSPS) is 15.5. The number of carbonyl (C=O) groups is 2. The molecule has 0 saturated carbocycles. The molecule has 10 heteroatoms. The van der Waals surface area contributed by atoms with E-state index in [2.05, 4.69) is 4.72 Å². The van der Waals surface area contributed by atoms with E-state index in [1.54, 1.807) is 16.7 Å². The minimum Gasteiger partial charge on any atom is -0.335 e. The summed E-state index contributed by atoms with van der Waals surface area (Å²) >= 11 is 5.98. The fraction of sp³-hybridized carbons (Fsp3) is 0.364. The average molecular weight is 482 g/mol. The standard InChI is InChI=1S/C22H25ClFN3O4S/c1-3-15(2)25-32(30,31)18-7-4-16(5-8-18)21(28)26-10-12-27(13-11-26)22(29)19-9-6-17(24)14-20(19)23/h4-9,14-15,25H,3,10-13H2,1-2H3. The van der Waals surface area contributed by atoms with Crippen LogP contribution in [0.1, 0.15) is 41.0 Å². The number of rotatable bonds is 6. The summed E-state index contributed by atoms with van der Waals surface area (Å²) in [5.74, 6) is -1.07. The molecule has 7 nitrogen and oxygen atoms in total. The molecule has 1 aliphatic heterocycles. The van der Waals surface area contributed by atoms with Gasteiger partial charge in [-0.2, -0.15) is 0 Å². The van der Waals surface area contributed by atoms with Crippen molar-refractivity contribution in [3.8, 4) is 0 Å². The molecule has 3 rings (SSSR count). The Morgan fingerprint density at radius 3 is 2.12 bits per heavy atom. The summed E-state index contributed by atoms with van der Waals surface area (Å²) in [4.78, 5) is 28.8. The van der Waals surface area contributed by atoms with E-state index in [4.69, 9.17) is 11.6 Å². The van der Waals surface area contributed by atoms with Crippen molar-refractivity contribution in [2.24, 2.45) is 0 Å². The molecule has 0 bridgehead atoms. The predicted molar refractivity (Wildman–Crippen MR) is 120 cm³/mol. The topological polar surface area (TPSA) is 86.8 Å². The Hall–Kier alpha value is -2.49. The van der Waals surface area contributed by atoms with Crippen LogP contribution >= 0.6 is 11.6 Å². The monoisotopic (exact) mass is 481 g/mol. The van der Waals surface area contributed by atoms with Crippen LogP contribution in [0, 0.1) is 5.82 Å². The van der Waals surface area contributed by atoms with E-state index in [0.717, 1.165) is 6.07 Å². The lowest BCUT2D eigenvalue weighted by molar-refractivity contribution is 0.0535. The molecule has 1 fully saturated rings. The van der Waals surface area contributed by atoms with Gasteiger partial charge in [-0.25, -0.2) is 17.5 Å². The number of benzene rings is 2. The molecule has 2 aromatic rings. The Morgan fingerprint density at radius 2 is 1.59 bits per heavy atom. The van der Waals surface area contributed by atoms with Crippen LogP contribution in [-0.2, 0) is 10.0 Å². The molecule has 2 amide bonds. The lowest BCUT2D eigenvalue weighted by atomic mass is 10.1. The average Bonchev–Trinajstić information content (AvgIpc) is 2.78. The molecule has 0 spiro atoms. The number of halogens is 2. The smallest absolute Gasteiger partial charge is 0.255 e. The van der Waals surface area contributed by atoms with Crippen molar-refractivity contribution in [2.75, 3.05) is 26.2 Å². The van der Waals surface area contributed by atoms with Gasteiger partial charge in [0, 0.05) is 37.8 Å². The first kappa shape index (κ1) is 24.2. The highest BCUT2D eigenvalue weighted by Gasteiger charge is 2.27. The third-order valence-corrected chi connectivity index (χ3v) is 7.31. The van der Waals surface area contributed by atoms with Gasteiger partial charge in [0.05, 0.1) is 15.5 Å². The minimum atomic E-state index is -3.64. The minimum absolute atomic E-state index is 0.0476. The van der Waals surface area contributed by atoms with Crippen LogP contribution in [0.2, 0.25) is 5.02 Å². The Bertz CT molecular complexity index is 1100. The first-order valence-electron chi connectivity index (χ1n) is 10.3. The van der Waals surface area contributed by atoms with Gasteiger partial charge in [-0.15, -0.1) is 0 Å². The number of nitrogens with zero attached hydrogens (tertiary/aromatic N) is 2. The summed E-state index contributed by atoms with van der Waals surface area (Å²) < 4.78 is 40.5. The van der Waals surface area contributed by atoms with E-state index in [9.17, 15) is 22.4 Å². The summed E-state index contributed by atoms with van der Waals surface area (Å²) in [6, 6.07) is 9.24. The molecule has 1 N–H and O–H groups in total. The maximum absolute atomic E-state index is 13.2. The zero-order valence-corrected chi connectivity index (χ0v) is 19.4. The van der Waals surface area contributed by atoms with Crippen LogP contribution in [0.15, 0.2) is 47.4 Å². The molecule has 1 atom stereocenters. The van der Waals surface area contributed by atoms with Gasteiger partial charge in [0.1, 0.15) is 5.82 Å². The number of nitrogens with one attached hydrogen (secondary N) is 1. The van der Waals surface area contributed by atoms with Crippen LogP contribution in [0.25, 0.3) is 0 Å². The van der Waals surface area contributed by atoms with Crippen molar-refractivity contribution >= 4 is 33.4 Å². The predicted octanol–water partition coefficient (Wildman–Crippen LogP) is 3.15. The SMILES string of the molecule is CCC(C)NS(=O)(=O)c1ccc(C(=O)N2CCN(C(=O)c3ccc(F)cc3Cl)CC2)cc1. The zero-order valence-electron chi connectivity index (χ0n) is 17.8. The first-order valence-corrected chi connectivity index (χ1v) is 12.1. The molecule has 1 aliphatic rings.